The maximum atomic E-state index is 11.5. The molecule has 164 valence electrons. The number of hydrogen-bond donors (Lipinski definition) is 1. The fourth-order valence-corrected chi connectivity index (χ4v) is 4.28. The standard InChI is InChI=1S/C25H21N5O3/c26-13-18-14-27-15-22-23(17-8-10-21(11-9-17)33-20-6-2-1-3-7-20)28-30(24(18)22)19-5-4-12-29(16-19)25(31)32/h1-3,6-11,14-15,19H,4-5,12,16H2,(H,31,32). The lowest BCUT2D eigenvalue weighted by Crippen LogP contribution is -2.40. The zero-order chi connectivity index (χ0) is 22.8. The summed E-state index contributed by atoms with van der Waals surface area (Å²) >= 11 is 0. The third-order valence-corrected chi connectivity index (χ3v) is 5.85. The van der Waals surface area contributed by atoms with Gasteiger partial charge in [0.2, 0.25) is 0 Å². The summed E-state index contributed by atoms with van der Waals surface area (Å²) in [5, 5.41) is 24.8. The minimum atomic E-state index is -0.937. The number of pyridine rings is 1. The van der Waals surface area contributed by atoms with E-state index in [1.165, 1.54) is 11.1 Å². The number of amides is 1. The predicted octanol–water partition coefficient (Wildman–Crippen LogP) is 5.08. The average Bonchev–Trinajstić information content (AvgIpc) is 3.25. The zero-order valence-electron chi connectivity index (χ0n) is 17.8. The highest BCUT2D eigenvalue weighted by molar-refractivity contribution is 5.95. The lowest BCUT2D eigenvalue weighted by Gasteiger charge is -2.31. The van der Waals surface area contributed by atoms with Crippen LogP contribution in [0.4, 0.5) is 4.79 Å². The van der Waals surface area contributed by atoms with E-state index in [1.807, 2.05) is 59.3 Å². The molecule has 33 heavy (non-hydrogen) atoms. The molecule has 2 aromatic heterocycles. The predicted molar refractivity (Wildman–Crippen MR) is 122 cm³/mol. The van der Waals surface area contributed by atoms with Crippen LogP contribution >= 0.6 is 0 Å². The van der Waals surface area contributed by atoms with Crippen LogP contribution in [0, 0.1) is 11.3 Å². The summed E-state index contributed by atoms with van der Waals surface area (Å²) in [5.74, 6) is 1.46. The van der Waals surface area contributed by atoms with Gasteiger partial charge in [-0.15, -0.1) is 0 Å². The van der Waals surface area contributed by atoms with E-state index in [2.05, 4.69) is 11.1 Å². The number of rotatable bonds is 4. The summed E-state index contributed by atoms with van der Waals surface area (Å²) < 4.78 is 7.70. The van der Waals surface area contributed by atoms with Crippen molar-refractivity contribution in [3.8, 4) is 28.8 Å². The van der Waals surface area contributed by atoms with Crippen LogP contribution in [0.5, 0.6) is 11.5 Å². The van der Waals surface area contributed by atoms with Gasteiger partial charge in [-0.3, -0.25) is 9.67 Å². The van der Waals surface area contributed by atoms with Crippen LogP contribution in [0.15, 0.2) is 67.0 Å². The van der Waals surface area contributed by atoms with E-state index in [4.69, 9.17) is 9.84 Å². The van der Waals surface area contributed by atoms with Crippen molar-refractivity contribution in [3.63, 3.8) is 0 Å². The molecule has 1 saturated heterocycles. The van der Waals surface area contributed by atoms with Gasteiger partial charge in [-0.1, -0.05) is 18.2 Å². The van der Waals surface area contributed by atoms with Gasteiger partial charge in [-0.2, -0.15) is 10.4 Å². The van der Waals surface area contributed by atoms with Gasteiger partial charge in [0.1, 0.15) is 23.3 Å². The highest BCUT2D eigenvalue weighted by atomic mass is 16.5. The SMILES string of the molecule is N#Cc1cncc2c(-c3ccc(Oc4ccccc4)cc3)nn(C3CCCN(C(=O)O)C3)c12. The molecular formula is C25H21N5O3. The van der Waals surface area contributed by atoms with Crippen molar-refractivity contribution in [3.05, 3.63) is 72.6 Å². The smallest absolute Gasteiger partial charge is 0.407 e. The molecule has 8 heteroatoms. The molecule has 1 atom stereocenters. The Morgan fingerprint density at radius 3 is 2.58 bits per heavy atom. The summed E-state index contributed by atoms with van der Waals surface area (Å²) in [7, 11) is 0. The van der Waals surface area contributed by atoms with Gasteiger partial charge in [0, 0.05) is 36.4 Å². The molecule has 3 heterocycles. The van der Waals surface area contributed by atoms with E-state index in [9.17, 15) is 15.2 Å². The number of fused-ring (bicyclic) bond motifs is 1. The van der Waals surface area contributed by atoms with E-state index in [0.717, 1.165) is 29.5 Å². The minimum Gasteiger partial charge on any atom is -0.465 e. The molecule has 1 aliphatic heterocycles. The van der Waals surface area contributed by atoms with E-state index in [-0.39, 0.29) is 6.04 Å². The number of para-hydroxylation sites is 1. The largest absolute Gasteiger partial charge is 0.465 e. The number of ether oxygens (including phenoxy) is 1. The molecule has 1 N–H and O–H groups in total. The van der Waals surface area contributed by atoms with Gasteiger partial charge >= 0.3 is 6.09 Å². The second-order valence-electron chi connectivity index (χ2n) is 7.95. The lowest BCUT2D eigenvalue weighted by molar-refractivity contribution is 0.120. The van der Waals surface area contributed by atoms with Gasteiger partial charge in [0.05, 0.1) is 17.1 Å². The number of carboxylic acid groups (broad SMARTS) is 1. The first-order valence-electron chi connectivity index (χ1n) is 10.7. The topological polar surface area (TPSA) is 104 Å². The van der Waals surface area contributed by atoms with Gasteiger partial charge in [-0.25, -0.2) is 4.79 Å². The van der Waals surface area contributed by atoms with Crippen LogP contribution in [-0.4, -0.2) is 44.0 Å². The van der Waals surface area contributed by atoms with E-state index in [1.54, 1.807) is 6.20 Å². The molecule has 1 fully saturated rings. The summed E-state index contributed by atoms with van der Waals surface area (Å²) in [6.07, 6.45) is 3.83. The van der Waals surface area contributed by atoms with Crippen LogP contribution in [0.1, 0.15) is 24.4 Å². The summed E-state index contributed by atoms with van der Waals surface area (Å²) in [6, 6.07) is 19.2. The Hall–Kier alpha value is -4.38. The first kappa shape index (κ1) is 20.5. The van der Waals surface area contributed by atoms with Crippen molar-refractivity contribution in [2.24, 2.45) is 0 Å². The van der Waals surface area contributed by atoms with E-state index in [0.29, 0.717) is 35.6 Å². The molecule has 0 bridgehead atoms. The average molecular weight is 439 g/mol. The number of hydrogen-bond acceptors (Lipinski definition) is 5. The lowest BCUT2D eigenvalue weighted by atomic mass is 10.1. The Morgan fingerprint density at radius 1 is 1.09 bits per heavy atom. The number of aromatic nitrogens is 3. The van der Waals surface area contributed by atoms with Crippen molar-refractivity contribution >= 4 is 17.0 Å². The van der Waals surface area contributed by atoms with Gasteiger partial charge in [0.25, 0.3) is 0 Å². The van der Waals surface area contributed by atoms with Crippen molar-refractivity contribution in [2.45, 2.75) is 18.9 Å². The maximum Gasteiger partial charge on any atom is 0.407 e. The second kappa shape index (κ2) is 8.63. The Morgan fingerprint density at radius 2 is 1.85 bits per heavy atom. The highest BCUT2D eigenvalue weighted by Crippen LogP contribution is 2.34. The molecule has 1 aliphatic rings. The molecule has 1 unspecified atom stereocenters. The fraction of sp³-hybridized carbons (Fsp3) is 0.200. The Kier molecular flexibility index (Phi) is 5.37. The van der Waals surface area contributed by atoms with Gasteiger partial charge in [0.15, 0.2) is 0 Å². The minimum absolute atomic E-state index is 0.152. The molecule has 0 saturated carbocycles. The Bertz CT molecular complexity index is 1340. The first-order valence-corrected chi connectivity index (χ1v) is 10.7. The number of piperidine rings is 1. The first-order chi connectivity index (χ1) is 16.1. The second-order valence-corrected chi connectivity index (χ2v) is 7.95. The van der Waals surface area contributed by atoms with Gasteiger partial charge < -0.3 is 14.7 Å². The molecule has 0 radical (unpaired) electrons. The molecule has 5 rings (SSSR count). The maximum absolute atomic E-state index is 11.5. The van der Waals surface area contributed by atoms with Crippen molar-refractivity contribution in [2.75, 3.05) is 13.1 Å². The highest BCUT2D eigenvalue weighted by Gasteiger charge is 2.28. The number of carbonyl (C=O) groups is 1. The molecule has 0 aliphatic carbocycles. The Labute approximate surface area is 190 Å². The Balaban J connectivity index is 1.54. The molecule has 2 aromatic carbocycles. The molecule has 1 amide bonds. The molecule has 8 nitrogen and oxygen atoms in total. The molecular weight excluding hydrogens is 418 g/mol. The van der Waals surface area contributed by atoms with Gasteiger partial charge in [-0.05, 0) is 49.2 Å². The van der Waals surface area contributed by atoms with Crippen molar-refractivity contribution < 1.29 is 14.6 Å². The fourth-order valence-electron chi connectivity index (χ4n) is 4.28. The van der Waals surface area contributed by atoms with Crippen LogP contribution in [0.2, 0.25) is 0 Å². The van der Waals surface area contributed by atoms with Crippen molar-refractivity contribution in [1.29, 1.82) is 5.26 Å². The van der Waals surface area contributed by atoms with Crippen LogP contribution in [0.25, 0.3) is 22.2 Å². The monoisotopic (exact) mass is 439 g/mol. The number of nitriles is 1. The summed E-state index contributed by atoms with van der Waals surface area (Å²) in [6.45, 7) is 0.843. The number of benzene rings is 2. The number of likely N-dealkylation sites (tertiary alicyclic amines) is 1. The normalized spacial score (nSPS) is 15.8. The number of nitrogens with zero attached hydrogens (tertiary/aromatic N) is 5. The zero-order valence-corrected chi connectivity index (χ0v) is 17.8. The quantitative estimate of drug-likeness (QED) is 0.476. The van der Waals surface area contributed by atoms with Crippen molar-refractivity contribution in [1.82, 2.24) is 19.7 Å². The van der Waals surface area contributed by atoms with E-state index >= 15 is 0 Å². The van der Waals surface area contributed by atoms with E-state index < -0.39 is 6.09 Å². The summed E-state index contributed by atoms with van der Waals surface area (Å²) in [5.41, 5.74) is 2.67. The van der Waals surface area contributed by atoms with Crippen LogP contribution < -0.4 is 4.74 Å². The third kappa shape index (κ3) is 3.96. The van der Waals surface area contributed by atoms with Crippen LogP contribution in [-0.2, 0) is 0 Å². The molecule has 4 aromatic rings. The third-order valence-electron chi connectivity index (χ3n) is 5.85. The summed E-state index contributed by atoms with van der Waals surface area (Å²) in [4.78, 5) is 17.2. The van der Waals surface area contributed by atoms with Crippen LogP contribution in [0.3, 0.4) is 0 Å². The molecule has 0 spiro atoms.